The van der Waals surface area contributed by atoms with E-state index in [-0.39, 0.29) is 12.2 Å². The van der Waals surface area contributed by atoms with Crippen molar-refractivity contribution < 1.29 is 19.4 Å². The monoisotopic (exact) mass is 370 g/mol. The van der Waals surface area contributed by atoms with Gasteiger partial charge in [0.2, 0.25) is 0 Å². The van der Waals surface area contributed by atoms with E-state index in [1.807, 2.05) is 12.1 Å². The highest BCUT2D eigenvalue weighted by Gasteiger charge is 2.08. The molecular weight excluding hydrogens is 360 g/mol. The molecule has 0 bridgehead atoms. The van der Waals surface area contributed by atoms with Crippen LogP contribution in [0.2, 0.25) is 5.02 Å². The molecule has 0 heterocycles. The Hall–Kier alpha value is -1.72. The lowest BCUT2D eigenvalue weighted by molar-refractivity contribution is 0.0696. The molecule has 2 rings (SSSR count). The molecule has 4 nitrogen and oxygen atoms in total. The van der Waals surface area contributed by atoms with Crippen LogP contribution in [-0.4, -0.2) is 24.3 Å². The summed E-state index contributed by atoms with van der Waals surface area (Å²) in [5, 5.41) is 9.47. The standard InChI is InChI=1S/C15H12BrClO4/c16-11-6-5-10(15(18)19)9-14(11)21-8-7-20-13-4-2-1-3-12(13)17/h1-6,9H,7-8H2,(H,18,19). The maximum absolute atomic E-state index is 10.9. The van der Waals surface area contributed by atoms with Crippen molar-refractivity contribution in [1.82, 2.24) is 0 Å². The lowest BCUT2D eigenvalue weighted by Crippen LogP contribution is -2.10. The zero-order valence-corrected chi connectivity index (χ0v) is 13.2. The number of hydrogen-bond donors (Lipinski definition) is 1. The van der Waals surface area contributed by atoms with Crippen molar-refractivity contribution in [3.63, 3.8) is 0 Å². The Kier molecular flexibility index (Phi) is 5.47. The number of carbonyl (C=O) groups is 1. The van der Waals surface area contributed by atoms with Gasteiger partial charge >= 0.3 is 5.97 Å². The van der Waals surface area contributed by atoms with E-state index in [2.05, 4.69) is 15.9 Å². The highest BCUT2D eigenvalue weighted by molar-refractivity contribution is 9.10. The van der Waals surface area contributed by atoms with E-state index in [0.717, 1.165) is 0 Å². The van der Waals surface area contributed by atoms with E-state index in [1.54, 1.807) is 18.2 Å². The summed E-state index contributed by atoms with van der Waals surface area (Å²) in [5.41, 5.74) is 0.167. The minimum Gasteiger partial charge on any atom is -0.489 e. The van der Waals surface area contributed by atoms with Crippen LogP contribution in [0.5, 0.6) is 11.5 Å². The third kappa shape index (κ3) is 4.37. The van der Waals surface area contributed by atoms with Crippen LogP contribution in [0.3, 0.4) is 0 Å². The summed E-state index contributed by atoms with van der Waals surface area (Å²) in [5.74, 6) is 0.0402. The number of halogens is 2. The lowest BCUT2D eigenvalue weighted by Gasteiger charge is -2.11. The van der Waals surface area contributed by atoms with E-state index in [4.69, 9.17) is 26.2 Å². The Balaban J connectivity index is 1.90. The van der Waals surface area contributed by atoms with Crippen LogP contribution in [0.25, 0.3) is 0 Å². The Labute approximate surface area is 135 Å². The summed E-state index contributed by atoms with van der Waals surface area (Å²) in [6, 6.07) is 11.7. The number of carboxylic acids is 1. The minimum absolute atomic E-state index is 0.167. The van der Waals surface area contributed by atoms with Crippen molar-refractivity contribution in [2.24, 2.45) is 0 Å². The second-order valence-electron chi connectivity index (χ2n) is 4.08. The number of carboxylic acid groups (broad SMARTS) is 1. The molecule has 0 amide bonds. The summed E-state index contributed by atoms with van der Waals surface area (Å²) in [6.07, 6.45) is 0. The van der Waals surface area contributed by atoms with Gasteiger partial charge in [-0.3, -0.25) is 0 Å². The second-order valence-corrected chi connectivity index (χ2v) is 5.34. The van der Waals surface area contributed by atoms with Crippen LogP contribution < -0.4 is 9.47 Å². The van der Waals surface area contributed by atoms with Crippen LogP contribution in [0.1, 0.15) is 10.4 Å². The Morgan fingerprint density at radius 2 is 1.76 bits per heavy atom. The van der Waals surface area contributed by atoms with Gasteiger partial charge in [-0.15, -0.1) is 0 Å². The highest BCUT2D eigenvalue weighted by Crippen LogP contribution is 2.26. The van der Waals surface area contributed by atoms with Gasteiger partial charge in [-0.05, 0) is 46.3 Å². The molecule has 0 radical (unpaired) electrons. The quantitative estimate of drug-likeness (QED) is 0.771. The number of para-hydroxylation sites is 1. The predicted molar refractivity (Wildman–Crippen MR) is 83.5 cm³/mol. The fourth-order valence-corrected chi connectivity index (χ4v) is 2.16. The summed E-state index contributed by atoms with van der Waals surface area (Å²) in [6.45, 7) is 0.570. The normalized spacial score (nSPS) is 10.2. The third-order valence-corrected chi connectivity index (χ3v) is 3.58. The number of hydrogen-bond acceptors (Lipinski definition) is 3. The van der Waals surface area contributed by atoms with Crippen molar-refractivity contribution in [2.45, 2.75) is 0 Å². The van der Waals surface area contributed by atoms with Crippen LogP contribution in [0.4, 0.5) is 0 Å². The first-order valence-electron chi connectivity index (χ1n) is 6.11. The SMILES string of the molecule is O=C(O)c1ccc(Br)c(OCCOc2ccccc2Cl)c1. The molecule has 0 saturated heterocycles. The minimum atomic E-state index is -1.00. The number of aromatic carboxylic acids is 1. The third-order valence-electron chi connectivity index (χ3n) is 2.61. The lowest BCUT2D eigenvalue weighted by atomic mass is 10.2. The van der Waals surface area contributed by atoms with Crippen molar-refractivity contribution in [2.75, 3.05) is 13.2 Å². The van der Waals surface area contributed by atoms with Gasteiger partial charge < -0.3 is 14.6 Å². The maximum atomic E-state index is 10.9. The molecule has 0 unspecified atom stereocenters. The van der Waals surface area contributed by atoms with Crippen molar-refractivity contribution in [1.29, 1.82) is 0 Å². The topological polar surface area (TPSA) is 55.8 Å². The van der Waals surface area contributed by atoms with E-state index in [9.17, 15) is 4.79 Å². The van der Waals surface area contributed by atoms with Crippen LogP contribution in [-0.2, 0) is 0 Å². The van der Waals surface area contributed by atoms with Gasteiger partial charge in [0, 0.05) is 0 Å². The molecule has 0 aliphatic carbocycles. The molecule has 2 aromatic rings. The molecule has 0 aromatic heterocycles. The van der Waals surface area contributed by atoms with Crippen molar-refractivity contribution in [3.8, 4) is 11.5 Å². The fourth-order valence-electron chi connectivity index (χ4n) is 1.61. The summed E-state index contributed by atoms with van der Waals surface area (Å²) in [7, 11) is 0. The number of rotatable bonds is 6. The summed E-state index contributed by atoms with van der Waals surface area (Å²) in [4.78, 5) is 10.9. The largest absolute Gasteiger partial charge is 0.489 e. The molecule has 110 valence electrons. The average Bonchev–Trinajstić information content (AvgIpc) is 2.46. The zero-order valence-electron chi connectivity index (χ0n) is 10.9. The second kappa shape index (κ2) is 7.33. The highest BCUT2D eigenvalue weighted by atomic mass is 79.9. The van der Waals surface area contributed by atoms with Crippen LogP contribution in [0.15, 0.2) is 46.9 Å². The molecule has 0 fully saturated rings. The molecule has 0 aliphatic rings. The van der Waals surface area contributed by atoms with Gasteiger partial charge in [0.25, 0.3) is 0 Å². The van der Waals surface area contributed by atoms with Gasteiger partial charge in [-0.1, -0.05) is 23.7 Å². The molecule has 2 aromatic carbocycles. The zero-order chi connectivity index (χ0) is 15.2. The van der Waals surface area contributed by atoms with E-state index in [1.165, 1.54) is 12.1 Å². The molecule has 0 spiro atoms. The van der Waals surface area contributed by atoms with E-state index >= 15 is 0 Å². The summed E-state index contributed by atoms with van der Waals surface area (Å²) >= 11 is 9.27. The molecular formula is C15H12BrClO4. The number of ether oxygens (including phenoxy) is 2. The molecule has 6 heteroatoms. The molecule has 0 aliphatic heterocycles. The summed E-state index contributed by atoms with van der Waals surface area (Å²) < 4.78 is 11.7. The van der Waals surface area contributed by atoms with E-state index < -0.39 is 5.97 Å². The van der Waals surface area contributed by atoms with Gasteiger partial charge in [-0.25, -0.2) is 4.79 Å². The van der Waals surface area contributed by atoms with Gasteiger partial charge in [0.15, 0.2) is 0 Å². The Bertz CT molecular complexity index is 645. The number of benzene rings is 2. The average molecular weight is 372 g/mol. The molecule has 0 saturated carbocycles. The predicted octanol–water partition coefficient (Wildman–Crippen LogP) is 4.26. The van der Waals surface area contributed by atoms with Crippen molar-refractivity contribution in [3.05, 3.63) is 57.5 Å². The first-order valence-corrected chi connectivity index (χ1v) is 7.28. The molecule has 1 N–H and O–H groups in total. The van der Waals surface area contributed by atoms with Gasteiger partial charge in [-0.2, -0.15) is 0 Å². The Morgan fingerprint density at radius 3 is 2.43 bits per heavy atom. The van der Waals surface area contributed by atoms with Crippen molar-refractivity contribution >= 4 is 33.5 Å². The maximum Gasteiger partial charge on any atom is 0.335 e. The van der Waals surface area contributed by atoms with Crippen LogP contribution >= 0.6 is 27.5 Å². The van der Waals surface area contributed by atoms with E-state index in [0.29, 0.717) is 27.6 Å². The molecule has 21 heavy (non-hydrogen) atoms. The smallest absolute Gasteiger partial charge is 0.335 e. The van der Waals surface area contributed by atoms with Gasteiger partial charge in [0.05, 0.1) is 15.1 Å². The van der Waals surface area contributed by atoms with Crippen LogP contribution in [0, 0.1) is 0 Å². The first kappa shape index (κ1) is 15.7. The first-order chi connectivity index (χ1) is 10.1. The Morgan fingerprint density at radius 1 is 1.10 bits per heavy atom. The van der Waals surface area contributed by atoms with Gasteiger partial charge in [0.1, 0.15) is 24.7 Å². The fraction of sp³-hybridized carbons (Fsp3) is 0.133. The molecule has 0 atom stereocenters.